The maximum absolute atomic E-state index is 12.5. The summed E-state index contributed by atoms with van der Waals surface area (Å²) in [4.78, 5) is 10.1. The monoisotopic (exact) mass is 176 g/mol. The minimum absolute atomic E-state index is 0.149. The van der Waals surface area contributed by atoms with Crippen molar-refractivity contribution >= 4 is 5.97 Å². The molecule has 0 spiro atoms. The molecular weight excluding hydrogens is 159 g/mol. The molecule has 2 nitrogen and oxygen atoms in total. The molecule has 0 aromatic heterocycles. The smallest absolute Gasteiger partial charge is 0.338 e. The van der Waals surface area contributed by atoms with Crippen LogP contribution in [0.4, 0.5) is 4.39 Å². The molecule has 0 amide bonds. The van der Waals surface area contributed by atoms with Crippen LogP contribution in [0.3, 0.4) is 0 Å². The fraction of sp³-hybridized carbons (Fsp3) is 0.889. The van der Waals surface area contributed by atoms with E-state index < -0.39 is 12.1 Å². The molecule has 72 valence electrons. The maximum atomic E-state index is 12.5. The molecule has 12 heavy (non-hydrogen) atoms. The molecule has 0 radical (unpaired) electrons. The van der Waals surface area contributed by atoms with Gasteiger partial charge in [0.2, 0.25) is 0 Å². The van der Waals surface area contributed by atoms with Crippen LogP contribution in [0.5, 0.6) is 0 Å². The molecule has 0 heterocycles. The van der Waals surface area contributed by atoms with Crippen LogP contribution < -0.4 is 0 Å². The lowest BCUT2D eigenvalue weighted by Crippen LogP contribution is -2.15. The number of rotatable bonds is 6. The number of halogens is 1. The zero-order chi connectivity index (χ0) is 9.56. The van der Waals surface area contributed by atoms with E-state index in [-0.39, 0.29) is 6.42 Å². The first-order chi connectivity index (χ1) is 5.57. The van der Waals surface area contributed by atoms with Crippen molar-refractivity contribution in [2.45, 2.75) is 45.7 Å². The largest absolute Gasteiger partial charge is 0.479 e. The van der Waals surface area contributed by atoms with Gasteiger partial charge in [0.1, 0.15) is 0 Å². The van der Waals surface area contributed by atoms with Gasteiger partial charge in [0.05, 0.1) is 0 Å². The molecule has 0 aromatic rings. The topological polar surface area (TPSA) is 37.3 Å². The second-order valence-corrected chi connectivity index (χ2v) is 3.28. The van der Waals surface area contributed by atoms with E-state index in [1.807, 2.05) is 6.92 Å². The molecule has 2 unspecified atom stereocenters. The van der Waals surface area contributed by atoms with Crippen molar-refractivity contribution in [2.75, 3.05) is 0 Å². The third-order valence-electron chi connectivity index (χ3n) is 1.96. The van der Waals surface area contributed by atoms with Gasteiger partial charge >= 0.3 is 5.97 Å². The minimum Gasteiger partial charge on any atom is -0.479 e. The Labute approximate surface area is 72.8 Å². The van der Waals surface area contributed by atoms with E-state index in [1.54, 1.807) is 0 Å². The molecule has 3 heteroatoms. The van der Waals surface area contributed by atoms with Gasteiger partial charge in [-0.3, -0.25) is 0 Å². The highest BCUT2D eigenvalue weighted by atomic mass is 19.1. The first-order valence-electron chi connectivity index (χ1n) is 4.44. The van der Waals surface area contributed by atoms with Crippen molar-refractivity contribution in [3.8, 4) is 0 Å². The summed E-state index contributed by atoms with van der Waals surface area (Å²) in [7, 11) is 0. The van der Waals surface area contributed by atoms with Crippen molar-refractivity contribution in [3.05, 3.63) is 0 Å². The molecule has 0 bridgehead atoms. The lowest BCUT2D eigenvalue weighted by Gasteiger charge is -2.09. The first-order valence-corrected chi connectivity index (χ1v) is 4.44. The van der Waals surface area contributed by atoms with Gasteiger partial charge in [-0.15, -0.1) is 0 Å². The summed E-state index contributed by atoms with van der Waals surface area (Å²) in [6, 6.07) is 0. The van der Waals surface area contributed by atoms with E-state index in [1.165, 1.54) is 0 Å². The Kier molecular flexibility index (Phi) is 5.68. The number of aliphatic carboxylic acids is 1. The Bertz CT molecular complexity index is 136. The molecule has 0 aliphatic rings. The van der Waals surface area contributed by atoms with Crippen molar-refractivity contribution in [1.82, 2.24) is 0 Å². The predicted octanol–water partition coefficient (Wildman–Crippen LogP) is 2.63. The number of alkyl halides is 1. The van der Waals surface area contributed by atoms with E-state index in [0.717, 1.165) is 12.8 Å². The van der Waals surface area contributed by atoms with Crippen LogP contribution in [0, 0.1) is 5.92 Å². The quantitative estimate of drug-likeness (QED) is 0.675. The van der Waals surface area contributed by atoms with Crippen molar-refractivity contribution < 1.29 is 14.3 Å². The number of hydrogen-bond donors (Lipinski definition) is 1. The van der Waals surface area contributed by atoms with Crippen molar-refractivity contribution in [1.29, 1.82) is 0 Å². The highest BCUT2D eigenvalue weighted by Crippen LogP contribution is 2.14. The van der Waals surface area contributed by atoms with Crippen LogP contribution in [-0.4, -0.2) is 17.2 Å². The van der Waals surface area contributed by atoms with Crippen LogP contribution in [0.25, 0.3) is 0 Å². The normalized spacial score (nSPS) is 15.6. The summed E-state index contributed by atoms with van der Waals surface area (Å²) in [5.41, 5.74) is 0. The lowest BCUT2D eigenvalue weighted by atomic mass is 9.99. The number of hydrogen-bond acceptors (Lipinski definition) is 1. The number of carboxylic acid groups (broad SMARTS) is 1. The van der Waals surface area contributed by atoms with Gasteiger partial charge in [0.25, 0.3) is 0 Å². The summed E-state index contributed by atoms with van der Waals surface area (Å²) >= 11 is 0. The highest BCUT2D eigenvalue weighted by molar-refractivity contribution is 5.71. The highest BCUT2D eigenvalue weighted by Gasteiger charge is 2.16. The Balaban J connectivity index is 3.46. The Morgan fingerprint density at radius 3 is 2.42 bits per heavy atom. The summed E-state index contributed by atoms with van der Waals surface area (Å²) in [6.45, 7) is 4.10. The van der Waals surface area contributed by atoms with Crippen LogP contribution >= 0.6 is 0 Å². The molecule has 0 aliphatic heterocycles. The molecule has 0 aliphatic carbocycles. The van der Waals surface area contributed by atoms with E-state index in [4.69, 9.17) is 5.11 Å². The molecule has 2 atom stereocenters. The average Bonchev–Trinajstić information content (AvgIpc) is 2.00. The zero-order valence-corrected chi connectivity index (χ0v) is 7.72. The van der Waals surface area contributed by atoms with Gasteiger partial charge in [-0.25, -0.2) is 9.18 Å². The van der Waals surface area contributed by atoms with Crippen LogP contribution in [0.15, 0.2) is 0 Å². The van der Waals surface area contributed by atoms with Gasteiger partial charge < -0.3 is 5.11 Å². The molecule has 0 saturated carbocycles. The second kappa shape index (κ2) is 5.98. The Morgan fingerprint density at radius 1 is 1.42 bits per heavy atom. The lowest BCUT2D eigenvalue weighted by molar-refractivity contribution is -0.143. The first kappa shape index (κ1) is 11.4. The second-order valence-electron chi connectivity index (χ2n) is 3.28. The van der Waals surface area contributed by atoms with E-state index in [2.05, 4.69) is 6.92 Å². The molecule has 0 fully saturated rings. The summed E-state index contributed by atoms with van der Waals surface area (Å²) in [5.74, 6) is -0.897. The van der Waals surface area contributed by atoms with Crippen molar-refractivity contribution in [3.63, 3.8) is 0 Å². The summed E-state index contributed by atoms with van der Waals surface area (Å²) < 4.78 is 12.5. The fourth-order valence-corrected chi connectivity index (χ4v) is 1.19. The van der Waals surface area contributed by atoms with Gasteiger partial charge in [0.15, 0.2) is 6.17 Å². The van der Waals surface area contributed by atoms with Crippen LogP contribution in [0.2, 0.25) is 0 Å². The number of carbonyl (C=O) groups is 1. The van der Waals surface area contributed by atoms with E-state index in [9.17, 15) is 9.18 Å². The molecule has 0 aromatic carbocycles. The van der Waals surface area contributed by atoms with Crippen LogP contribution in [0.1, 0.15) is 39.5 Å². The summed E-state index contributed by atoms with van der Waals surface area (Å²) in [5, 5.41) is 8.25. The third-order valence-corrected chi connectivity index (χ3v) is 1.96. The molecule has 0 rings (SSSR count). The number of carboxylic acids is 1. The van der Waals surface area contributed by atoms with E-state index >= 15 is 0 Å². The Morgan fingerprint density at radius 2 is 2.00 bits per heavy atom. The SMILES string of the molecule is CCCC(C)CCC(F)C(=O)O. The van der Waals surface area contributed by atoms with Gasteiger partial charge in [-0.05, 0) is 18.8 Å². The van der Waals surface area contributed by atoms with E-state index in [0.29, 0.717) is 12.3 Å². The molecule has 1 N–H and O–H groups in total. The van der Waals surface area contributed by atoms with Crippen LogP contribution in [-0.2, 0) is 4.79 Å². The average molecular weight is 176 g/mol. The van der Waals surface area contributed by atoms with Gasteiger partial charge in [-0.2, -0.15) is 0 Å². The molecular formula is C9H17FO2. The maximum Gasteiger partial charge on any atom is 0.338 e. The fourth-order valence-electron chi connectivity index (χ4n) is 1.19. The standard InChI is InChI=1S/C9H17FO2/c1-3-4-7(2)5-6-8(10)9(11)12/h7-8H,3-6H2,1-2H3,(H,11,12). The van der Waals surface area contributed by atoms with Crippen molar-refractivity contribution in [2.24, 2.45) is 5.92 Å². The zero-order valence-electron chi connectivity index (χ0n) is 7.72. The Hall–Kier alpha value is -0.600. The van der Waals surface area contributed by atoms with Gasteiger partial charge in [0, 0.05) is 0 Å². The van der Waals surface area contributed by atoms with Gasteiger partial charge in [-0.1, -0.05) is 26.7 Å². The molecule has 0 saturated heterocycles. The predicted molar refractivity (Wildman–Crippen MR) is 45.8 cm³/mol. The summed E-state index contributed by atoms with van der Waals surface area (Å²) in [6.07, 6.45) is 1.26. The minimum atomic E-state index is -1.68. The third kappa shape index (κ3) is 5.10.